The number of primary sulfonamides is 1. The van der Waals surface area contributed by atoms with Crippen LogP contribution in [0.3, 0.4) is 0 Å². The zero-order chi connectivity index (χ0) is 16.4. The molecule has 0 radical (unpaired) electrons. The molecule has 0 aliphatic carbocycles. The Balaban J connectivity index is 3.08. The van der Waals surface area contributed by atoms with E-state index in [0.29, 0.717) is 6.07 Å². The van der Waals surface area contributed by atoms with Crippen LogP contribution >= 0.6 is 0 Å². The van der Waals surface area contributed by atoms with Crippen LogP contribution in [0.1, 0.15) is 17.3 Å². The molecule has 1 aromatic carbocycles. The predicted molar refractivity (Wildman–Crippen MR) is 73.6 cm³/mol. The molecule has 2 atom stereocenters. The van der Waals surface area contributed by atoms with E-state index in [1.807, 2.05) is 0 Å². The molecule has 0 aromatic heterocycles. The third-order valence-corrected chi connectivity index (χ3v) is 4.92. The Hall–Kier alpha value is -1.39. The topological polar surface area (TPSA) is 106 Å². The highest BCUT2D eigenvalue weighted by Crippen LogP contribution is 2.18. The Kier molecular flexibility index (Phi) is 5.54. The summed E-state index contributed by atoms with van der Waals surface area (Å²) >= 11 is 0. The first-order chi connectivity index (χ1) is 9.54. The summed E-state index contributed by atoms with van der Waals surface area (Å²) in [4.78, 5) is 10.8. The number of benzene rings is 1. The highest BCUT2D eigenvalue weighted by atomic mass is 32.2. The second kappa shape index (κ2) is 6.58. The number of carbonyl (C=O) groups is 1. The van der Waals surface area contributed by atoms with Crippen molar-refractivity contribution in [3.05, 3.63) is 29.3 Å². The van der Waals surface area contributed by atoms with E-state index in [1.165, 1.54) is 6.26 Å². The minimum Gasteiger partial charge on any atom is -0.351 e. The molecule has 0 saturated carbocycles. The van der Waals surface area contributed by atoms with Crippen molar-refractivity contribution >= 4 is 26.7 Å². The SMILES string of the molecule is CC(CNC(=O)c1cc(S(N)(=O)=O)c(F)cc1F)S(C)=O. The molecule has 118 valence electrons. The van der Waals surface area contributed by atoms with E-state index in [0.717, 1.165) is 0 Å². The fourth-order valence-electron chi connectivity index (χ4n) is 1.37. The van der Waals surface area contributed by atoms with Crippen LogP contribution in [0.5, 0.6) is 0 Å². The molecule has 3 N–H and O–H groups in total. The van der Waals surface area contributed by atoms with E-state index in [2.05, 4.69) is 5.32 Å². The molecule has 0 bridgehead atoms. The van der Waals surface area contributed by atoms with Crippen LogP contribution in [0.4, 0.5) is 8.78 Å². The van der Waals surface area contributed by atoms with Crippen LogP contribution in [0.25, 0.3) is 0 Å². The fraction of sp³-hybridized carbons (Fsp3) is 0.364. The first-order valence-electron chi connectivity index (χ1n) is 5.66. The summed E-state index contributed by atoms with van der Waals surface area (Å²) in [5.41, 5.74) is -0.658. The van der Waals surface area contributed by atoms with Crippen LogP contribution in [0.15, 0.2) is 17.0 Å². The third-order valence-electron chi connectivity index (χ3n) is 2.69. The van der Waals surface area contributed by atoms with Gasteiger partial charge in [0.05, 0.1) is 5.56 Å². The van der Waals surface area contributed by atoms with Gasteiger partial charge >= 0.3 is 0 Å². The quantitative estimate of drug-likeness (QED) is 0.793. The molecule has 1 amide bonds. The van der Waals surface area contributed by atoms with Gasteiger partial charge in [0.2, 0.25) is 10.0 Å². The Morgan fingerprint density at radius 2 is 1.95 bits per heavy atom. The number of hydrogen-bond acceptors (Lipinski definition) is 4. The minimum absolute atomic E-state index is 0.0104. The van der Waals surface area contributed by atoms with Gasteiger partial charge < -0.3 is 5.32 Å². The van der Waals surface area contributed by atoms with Gasteiger partial charge in [-0.3, -0.25) is 9.00 Å². The Labute approximate surface area is 123 Å². The molecule has 0 aliphatic rings. The van der Waals surface area contributed by atoms with Gasteiger partial charge in [-0.25, -0.2) is 22.3 Å². The average molecular weight is 340 g/mol. The number of halogens is 2. The summed E-state index contributed by atoms with van der Waals surface area (Å²) in [5, 5.41) is 6.69. The normalized spacial score (nSPS) is 14.5. The van der Waals surface area contributed by atoms with Gasteiger partial charge in [-0.2, -0.15) is 0 Å². The van der Waals surface area contributed by atoms with E-state index >= 15 is 0 Å². The standard InChI is InChI=1S/C11H14F2N2O4S2/c1-6(20(2)17)5-15-11(16)7-3-10(21(14,18)19)9(13)4-8(7)12/h3-4,6H,5H2,1-2H3,(H,15,16)(H2,14,18,19). The zero-order valence-corrected chi connectivity index (χ0v) is 12.9. The van der Waals surface area contributed by atoms with Crippen LogP contribution in [0.2, 0.25) is 0 Å². The van der Waals surface area contributed by atoms with Crippen molar-refractivity contribution in [2.75, 3.05) is 12.8 Å². The number of carbonyl (C=O) groups excluding carboxylic acids is 1. The van der Waals surface area contributed by atoms with Crippen LogP contribution < -0.4 is 10.5 Å². The monoisotopic (exact) mass is 340 g/mol. The maximum absolute atomic E-state index is 13.6. The summed E-state index contributed by atoms with van der Waals surface area (Å²) in [6.07, 6.45) is 1.44. The van der Waals surface area contributed by atoms with Crippen molar-refractivity contribution in [2.24, 2.45) is 5.14 Å². The van der Waals surface area contributed by atoms with Gasteiger partial charge in [0.15, 0.2) is 0 Å². The molecule has 0 aliphatic heterocycles. The van der Waals surface area contributed by atoms with Gasteiger partial charge in [-0.15, -0.1) is 0 Å². The summed E-state index contributed by atoms with van der Waals surface area (Å²) in [7, 11) is -5.62. The van der Waals surface area contributed by atoms with Gasteiger partial charge in [-0.1, -0.05) is 0 Å². The first kappa shape index (κ1) is 17.7. The lowest BCUT2D eigenvalue weighted by Crippen LogP contribution is -2.33. The molecule has 1 rings (SSSR count). The van der Waals surface area contributed by atoms with Crippen molar-refractivity contribution < 1.29 is 26.2 Å². The lowest BCUT2D eigenvalue weighted by Gasteiger charge is -2.11. The molecular formula is C11H14F2N2O4S2. The molecule has 10 heteroatoms. The van der Waals surface area contributed by atoms with E-state index in [9.17, 15) is 26.2 Å². The van der Waals surface area contributed by atoms with Gasteiger partial charge in [0.1, 0.15) is 16.5 Å². The zero-order valence-electron chi connectivity index (χ0n) is 11.2. The highest BCUT2D eigenvalue weighted by molar-refractivity contribution is 7.89. The van der Waals surface area contributed by atoms with Crippen molar-refractivity contribution in [3.8, 4) is 0 Å². The van der Waals surface area contributed by atoms with E-state index < -0.39 is 48.8 Å². The molecule has 0 fully saturated rings. The second-order valence-electron chi connectivity index (χ2n) is 4.33. The van der Waals surface area contributed by atoms with Crippen molar-refractivity contribution in [3.63, 3.8) is 0 Å². The Morgan fingerprint density at radius 3 is 2.43 bits per heavy atom. The number of nitrogens with two attached hydrogens (primary N) is 1. The lowest BCUT2D eigenvalue weighted by molar-refractivity contribution is 0.0949. The van der Waals surface area contributed by atoms with Crippen molar-refractivity contribution in [2.45, 2.75) is 17.1 Å². The minimum atomic E-state index is -4.42. The second-order valence-corrected chi connectivity index (χ2v) is 7.66. The lowest BCUT2D eigenvalue weighted by atomic mass is 10.2. The van der Waals surface area contributed by atoms with E-state index in [1.54, 1.807) is 6.92 Å². The van der Waals surface area contributed by atoms with E-state index in [-0.39, 0.29) is 17.9 Å². The van der Waals surface area contributed by atoms with E-state index in [4.69, 9.17) is 5.14 Å². The number of sulfonamides is 1. The third kappa shape index (κ3) is 4.55. The molecular weight excluding hydrogens is 326 g/mol. The molecule has 0 spiro atoms. The number of nitrogens with one attached hydrogen (secondary N) is 1. The van der Waals surface area contributed by atoms with Gasteiger partial charge in [0, 0.05) is 34.9 Å². The Bertz CT molecular complexity index is 692. The molecule has 1 aromatic rings. The largest absolute Gasteiger partial charge is 0.351 e. The first-order valence-corrected chi connectivity index (χ1v) is 8.83. The number of amides is 1. The average Bonchev–Trinajstić information content (AvgIpc) is 2.33. The van der Waals surface area contributed by atoms with Crippen molar-refractivity contribution in [1.29, 1.82) is 0 Å². The molecule has 2 unspecified atom stereocenters. The van der Waals surface area contributed by atoms with Crippen LogP contribution in [0, 0.1) is 11.6 Å². The number of rotatable bonds is 5. The maximum atomic E-state index is 13.6. The van der Waals surface area contributed by atoms with Gasteiger partial charge in [-0.05, 0) is 13.0 Å². The fourth-order valence-corrected chi connectivity index (χ4v) is 2.30. The predicted octanol–water partition coefficient (Wildman–Crippen LogP) is 0.109. The van der Waals surface area contributed by atoms with Crippen molar-refractivity contribution in [1.82, 2.24) is 5.32 Å². The molecule has 21 heavy (non-hydrogen) atoms. The van der Waals surface area contributed by atoms with Gasteiger partial charge in [0.25, 0.3) is 5.91 Å². The summed E-state index contributed by atoms with van der Waals surface area (Å²) in [5.74, 6) is -3.55. The molecule has 6 nitrogen and oxygen atoms in total. The summed E-state index contributed by atoms with van der Waals surface area (Å²) in [6.45, 7) is 1.59. The Morgan fingerprint density at radius 1 is 1.38 bits per heavy atom. The highest BCUT2D eigenvalue weighted by Gasteiger charge is 2.22. The molecule has 0 saturated heterocycles. The number of hydrogen-bond donors (Lipinski definition) is 2. The van der Waals surface area contributed by atoms with Crippen LogP contribution in [-0.2, 0) is 20.8 Å². The maximum Gasteiger partial charge on any atom is 0.254 e. The summed E-state index contributed by atoms with van der Waals surface area (Å²) in [6, 6.07) is 0.805. The smallest absolute Gasteiger partial charge is 0.254 e. The molecule has 0 heterocycles. The van der Waals surface area contributed by atoms with Crippen LogP contribution in [-0.4, -0.2) is 36.6 Å². The summed E-state index contributed by atoms with van der Waals surface area (Å²) < 4.78 is 60.3.